The van der Waals surface area contributed by atoms with E-state index in [2.05, 4.69) is 26.2 Å². The maximum absolute atomic E-state index is 11.1. The third-order valence-corrected chi connectivity index (χ3v) is 5.43. The van der Waals surface area contributed by atoms with Gasteiger partial charge in [-0.15, -0.1) is 0 Å². The van der Waals surface area contributed by atoms with Crippen LogP contribution < -0.4 is 5.32 Å². The van der Waals surface area contributed by atoms with Crippen molar-refractivity contribution in [1.29, 1.82) is 0 Å². The van der Waals surface area contributed by atoms with Crippen molar-refractivity contribution in [1.82, 2.24) is 19.5 Å². The molecule has 5 aromatic rings. The lowest BCUT2D eigenvalue weighted by atomic mass is 10.1. The number of pyridine rings is 2. The van der Waals surface area contributed by atoms with E-state index < -0.39 is 0 Å². The Balaban J connectivity index is 1.80. The molecule has 150 valence electrons. The van der Waals surface area contributed by atoms with Crippen LogP contribution in [0.4, 0.5) is 5.82 Å². The Labute approximate surface area is 186 Å². The van der Waals surface area contributed by atoms with Crippen LogP contribution in [0, 0.1) is 0 Å². The van der Waals surface area contributed by atoms with Crippen molar-refractivity contribution in [3.05, 3.63) is 89.5 Å². The highest BCUT2D eigenvalue weighted by Crippen LogP contribution is 2.32. The molecule has 3 heterocycles. The topological polar surface area (TPSA) is 72.7 Å². The van der Waals surface area contributed by atoms with Crippen LogP contribution in [0.2, 0.25) is 0 Å². The second-order valence-electron chi connectivity index (χ2n) is 6.81. The zero-order valence-electron chi connectivity index (χ0n) is 16.2. The van der Waals surface area contributed by atoms with E-state index in [1.165, 1.54) is 0 Å². The summed E-state index contributed by atoms with van der Waals surface area (Å²) < 4.78 is 2.96. The van der Waals surface area contributed by atoms with E-state index in [1.54, 1.807) is 6.20 Å². The molecule has 0 atom stereocenters. The third-order valence-electron chi connectivity index (χ3n) is 4.90. The van der Waals surface area contributed by atoms with Gasteiger partial charge >= 0.3 is 0 Å². The Bertz CT molecular complexity index is 1380. The van der Waals surface area contributed by atoms with Gasteiger partial charge in [0, 0.05) is 21.9 Å². The van der Waals surface area contributed by atoms with Crippen LogP contribution >= 0.6 is 15.9 Å². The summed E-state index contributed by atoms with van der Waals surface area (Å²) in [7, 11) is 0. The van der Waals surface area contributed by atoms with Gasteiger partial charge in [-0.05, 0) is 48.5 Å². The fourth-order valence-corrected chi connectivity index (χ4v) is 3.76. The average molecular weight is 470 g/mol. The first-order valence-corrected chi connectivity index (χ1v) is 10.4. The summed E-state index contributed by atoms with van der Waals surface area (Å²) in [6, 6.07) is 25.6. The summed E-state index contributed by atoms with van der Waals surface area (Å²) in [5.41, 5.74) is 4.96. The van der Waals surface area contributed by atoms with Gasteiger partial charge in [-0.3, -0.25) is 9.36 Å². The summed E-state index contributed by atoms with van der Waals surface area (Å²) in [4.78, 5) is 25.2. The molecule has 0 aliphatic heterocycles. The molecule has 5 rings (SSSR count). The van der Waals surface area contributed by atoms with Gasteiger partial charge in [0.15, 0.2) is 11.5 Å². The number of carbonyl (C=O) groups is 1. The predicted molar refractivity (Wildman–Crippen MR) is 125 cm³/mol. The van der Waals surface area contributed by atoms with Crippen molar-refractivity contribution in [2.24, 2.45) is 0 Å². The van der Waals surface area contributed by atoms with Crippen LogP contribution in [0.3, 0.4) is 0 Å². The third kappa shape index (κ3) is 3.60. The van der Waals surface area contributed by atoms with Crippen molar-refractivity contribution >= 4 is 39.3 Å². The first kappa shape index (κ1) is 19.1. The summed E-state index contributed by atoms with van der Waals surface area (Å²) in [5, 5.41) is 2.67. The monoisotopic (exact) mass is 469 g/mol. The Morgan fingerprint density at radius 2 is 1.68 bits per heavy atom. The van der Waals surface area contributed by atoms with Gasteiger partial charge in [-0.2, -0.15) is 0 Å². The molecule has 7 heteroatoms. The van der Waals surface area contributed by atoms with E-state index in [0.29, 0.717) is 23.6 Å². The minimum atomic E-state index is 0.439. The fraction of sp³-hybridized carbons (Fsp3) is 0. The molecule has 1 N–H and O–H groups in total. The minimum Gasteiger partial charge on any atom is -0.313 e. The Kier molecular flexibility index (Phi) is 5.01. The zero-order chi connectivity index (χ0) is 21.2. The van der Waals surface area contributed by atoms with Crippen molar-refractivity contribution in [3.63, 3.8) is 0 Å². The number of rotatable bonds is 5. The number of hydrogen-bond acceptors (Lipinski definition) is 4. The molecule has 0 aliphatic carbocycles. The molecule has 0 fully saturated rings. The Morgan fingerprint density at radius 3 is 2.45 bits per heavy atom. The number of amides is 1. The Morgan fingerprint density at radius 1 is 0.871 bits per heavy atom. The maximum atomic E-state index is 11.1. The van der Waals surface area contributed by atoms with Crippen molar-refractivity contribution in [2.45, 2.75) is 0 Å². The molecule has 3 aromatic heterocycles. The van der Waals surface area contributed by atoms with E-state index in [9.17, 15) is 4.79 Å². The van der Waals surface area contributed by atoms with Gasteiger partial charge in [-0.25, -0.2) is 15.0 Å². The maximum Gasteiger partial charge on any atom is 0.212 e. The summed E-state index contributed by atoms with van der Waals surface area (Å²) in [6.07, 6.45) is 2.25. The standard InChI is InChI=1S/C24H16BrN5O/c25-17-8-10-18(11-9-17)30-23(19-7-4-14-26-22(19)27-15-31)29-21-13-12-20(28-24(21)30)16-5-2-1-3-6-16/h1-15H,(H,26,27,31). The fourth-order valence-electron chi connectivity index (χ4n) is 3.50. The highest BCUT2D eigenvalue weighted by atomic mass is 79.9. The van der Waals surface area contributed by atoms with Crippen molar-refractivity contribution < 1.29 is 4.79 Å². The summed E-state index contributed by atoms with van der Waals surface area (Å²) in [6.45, 7) is 0. The molecule has 0 saturated heterocycles. The molecular weight excluding hydrogens is 454 g/mol. The average Bonchev–Trinajstić information content (AvgIpc) is 3.19. The largest absolute Gasteiger partial charge is 0.313 e. The smallest absolute Gasteiger partial charge is 0.212 e. The van der Waals surface area contributed by atoms with Crippen LogP contribution in [-0.2, 0) is 4.79 Å². The number of benzene rings is 2. The number of nitrogens with one attached hydrogen (secondary N) is 1. The molecule has 0 aliphatic rings. The normalized spacial score (nSPS) is 10.9. The lowest BCUT2D eigenvalue weighted by Crippen LogP contribution is -2.03. The molecule has 0 unspecified atom stereocenters. The second-order valence-corrected chi connectivity index (χ2v) is 7.73. The van der Waals surface area contributed by atoms with E-state index in [1.807, 2.05) is 83.4 Å². The molecule has 31 heavy (non-hydrogen) atoms. The highest BCUT2D eigenvalue weighted by molar-refractivity contribution is 9.10. The number of nitrogens with zero attached hydrogens (tertiary/aromatic N) is 4. The minimum absolute atomic E-state index is 0.439. The number of imidazole rings is 1. The molecule has 0 bridgehead atoms. The summed E-state index contributed by atoms with van der Waals surface area (Å²) >= 11 is 3.50. The van der Waals surface area contributed by atoms with E-state index in [-0.39, 0.29) is 0 Å². The number of fused-ring (bicyclic) bond motifs is 1. The number of aromatic nitrogens is 4. The predicted octanol–water partition coefficient (Wildman–Crippen LogP) is 5.48. The number of halogens is 1. The number of carbonyl (C=O) groups excluding carboxylic acids is 1. The molecule has 0 saturated carbocycles. The molecule has 2 aromatic carbocycles. The quantitative estimate of drug-likeness (QED) is 0.346. The van der Waals surface area contributed by atoms with Gasteiger partial charge in [-0.1, -0.05) is 46.3 Å². The van der Waals surface area contributed by atoms with Gasteiger partial charge in [0.2, 0.25) is 6.41 Å². The van der Waals surface area contributed by atoms with Crippen LogP contribution in [0.15, 0.2) is 89.5 Å². The van der Waals surface area contributed by atoms with Crippen molar-refractivity contribution in [3.8, 4) is 28.3 Å². The molecule has 0 spiro atoms. The van der Waals surface area contributed by atoms with Crippen LogP contribution in [0.5, 0.6) is 0 Å². The highest BCUT2D eigenvalue weighted by Gasteiger charge is 2.19. The van der Waals surface area contributed by atoms with Gasteiger partial charge in [0.05, 0.1) is 11.3 Å². The molecular formula is C24H16BrN5O. The van der Waals surface area contributed by atoms with E-state index in [0.717, 1.165) is 32.6 Å². The molecule has 0 radical (unpaired) electrons. The van der Waals surface area contributed by atoms with Gasteiger partial charge in [0.1, 0.15) is 11.3 Å². The van der Waals surface area contributed by atoms with E-state index in [4.69, 9.17) is 9.97 Å². The first-order chi connectivity index (χ1) is 15.2. The van der Waals surface area contributed by atoms with Gasteiger partial charge in [0.25, 0.3) is 0 Å². The number of anilines is 1. The van der Waals surface area contributed by atoms with E-state index >= 15 is 0 Å². The lowest BCUT2D eigenvalue weighted by molar-refractivity contribution is -0.105. The van der Waals surface area contributed by atoms with Crippen LogP contribution in [0.25, 0.3) is 39.5 Å². The second kappa shape index (κ2) is 8.12. The zero-order valence-corrected chi connectivity index (χ0v) is 17.8. The van der Waals surface area contributed by atoms with Gasteiger partial charge < -0.3 is 5.32 Å². The SMILES string of the molecule is O=CNc1ncccc1-c1nc2ccc(-c3ccccc3)nc2n1-c1ccc(Br)cc1. The molecule has 6 nitrogen and oxygen atoms in total. The number of hydrogen-bond donors (Lipinski definition) is 1. The summed E-state index contributed by atoms with van der Waals surface area (Å²) in [5.74, 6) is 1.09. The lowest BCUT2D eigenvalue weighted by Gasteiger charge is -2.11. The van der Waals surface area contributed by atoms with Crippen LogP contribution in [-0.4, -0.2) is 25.9 Å². The van der Waals surface area contributed by atoms with Crippen molar-refractivity contribution in [2.75, 3.05) is 5.32 Å². The Hall–Kier alpha value is -3.84. The molecule has 1 amide bonds. The first-order valence-electron chi connectivity index (χ1n) is 9.61. The van der Waals surface area contributed by atoms with Crippen LogP contribution in [0.1, 0.15) is 0 Å².